The molecule has 134 valence electrons. The Morgan fingerprint density at radius 2 is 1.81 bits per heavy atom. The highest BCUT2D eigenvalue weighted by Crippen LogP contribution is 2.29. The number of hydrogen-bond donors (Lipinski definition) is 1. The molecule has 0 unspecified atom stereocenters. The van der Waals surface area contributed by atoms with Crippen LogP contribution in [0.2, 0.25) is 0 Å². The molecule has 1 heterocycles. The summed E-state index contributed by atoms with van der Waals surface area (Å²) in [6.07, 6.45) is 5.10. The Labute approximate surface area is 154 Å². The first-order valence-corrected chi connectivity index (χ1v) is 8.52. The highest BCUT2D eigenvalue weighted by Gasteiger charge is 2.10. The molecule has 3 aromatic rings. The predicted molar refractivity (Wildman–Crippen MR) is 102 cm³/mol. The number of aromatic nitrogens is 2. The van der Waals surface area contributed by atoms with Crippen molar-refractivity contribution in [1.29, 1.82) is 0 Å². The molecule has 0 fully saturated rings. The molecule has 0 aliphatic heterocycles. The van der Waals surface area contributed by atoms with Crippen molar-refractivity contribution in [1.82, 2.24) is 15.3 Å². The van der Waals surface area contributed by atoms with E-state index in [0.717, 1.165) is 34.9 Å². The van der Waals surface area contributed by atoms with Crippen molar-refractivity contribution >= 4 is 0 Å². The van der Waals surface area contributed by atoms with Gasteiger partial charge in [-0.3, -0.25) is 9.97 Å². The van der Waals surface area contributed by atoms with Gasteiger partial charge in [-0.1, -0.05) is 18.2 Å². The minimum atomic E-state index is 0.225. The predicted octanol–water partition coefficient (Wildman–Crippen LogP) is 4.01. The maximum atomic E-state index is 5.47. The molecule has 1 N–H and O–H groups in total. The van der Waals surface area contributed by atoms with Crippen molar-refractivity contribution in [2.75, 3.05) is 14.2 Å². The first-order valence-electron chi connectivity index (χ1n) is 8.52. The van der Waals surface area contributed by atoms with Gasteiger partial charge in [0, 0.05) is 30.5 Å². The van der Waals surface area contributed by atoms with Crippen LogP contribution >= 0.6 is 0 Å². The summed E-state index contributed by atoms with van der Waals surface area (Å²) in [6.45, 7) is 2.89. The van der Waals surface area contributed by atoms with Crippen LogP contribution in [0.3, 0.4) is 0 Å². The first kappa shape index (κ1) is 17.9. The third-order valence-electron chi connectivity index (χ3n) is 4.33. The lowest BCUT2D eigenvalue weighted by Crippen LogP contribution is -2.18. The van der Waals surface area contributed by atoms with Gasteiger partial charge in [0.2, 0.25) is 0 Å². The van der Waals surface area contributed by atoms with Gasteiger partial charge < -0.3 is 14.8 Å². The highest BCUT2D eigenvalue weighted by atomic mass is 16.5. The molecule has 0 aliphatic carbocycles. The summed E-state index contributed by atoms with van der Waals surface area (Å²) in [5, 5.41) is 3.55. The van der Waals surface area contributed by atoms with Crippen molar-refractivity contribution in [3.63, 3.8) is 0 Å². The molecule has 3 rings (SSSR count). The molecule has 0 bridgehead atoms. The second-order valence-corrected chi connectivity index (χ2v) is 6.00. The largest absolute Gasteiger partial charge is 0.497 e. The zero-order chi connectivity index (χ0) is 18.4. The Morgan fingerprint density at radius 1 is 1.00 bits per heavy atom. The van der Waals surface area contributed by atoms with E-state index in [1.807, 2.05) is 18.2 Å². The molecule has 0 saturated heterocycles. The normalized spacial score (nSPS) is 11.8. The third kappa shape index (κ3) is 4.18. The molecule has 0 radical (unpaired) electrons. The fraction of sp³-hybridized carbons (Fsp3) is 0.238. The van der Waals surface area contributed by atoms with E-state index in [4.69, 9.17) is 9.47 Å². The summed E-state index contributed by atoms with van der Waals surface area (Å²) in [4.78, 5) is 8.53. The summed E-state index contributed by atoms with van der Waals surface area (Å²) < 4.78 is 10.7. The Morgan fingerprint density at radius 3 is 2.46 bits per heavy atom. The fourth-order valence-electron chi connectivity index (χ4n) is 2.78. The van der Waals surface area contributed by atoms with E-state index in [9.17, 15) is 0 Å². The SMILES string of the molecule is COc1ccc([C@@H](C)NCc2ccc(OC)c(-c3cnccn3)c2)cc1. The fourth-order valence-corrected chi connectivity index (χ4v) is 2.78. The summed E-state index contributed by atoms with van der Waals surface area (Å²) in [7, 11) is 3.34. The van der Waals surface area contributed by atoms with Crippen LogP contribution in [0.15, 0.2) is 61.1 Å². The van der Waals surface area contributed by atoms with Gasteiger partial charge in [0.1, 0.15) is 11.5 Å². The lowest BCUT2D eigenvalue weighted by atomic mass is 10.1. The van der Waals surface area contributed by atoms with Gasteiger partial charge in [-0.05, 0) is 42.3 Å². The van der Waals surface area contributed by atoms with Crippen LogP contribution in [0, 0.1) is 0 Å². The lowest BCUT2D eigenvalue weighted by Gasteiger charge is -2.16. The summed E-state index contributed by atoms with van der Waals surface area (Å²) >= 11 is 0. The van der Waals surface area contributed by atoms with E-state index in [-0.39, 0.29) is 6.04 Å². The molecule has 2 aromatic carbocycles. The van der Waals surface area contributed by atoms with Crippen LogP contribution < -0.4 is 14.8 Å². The van der Waals surface area contributed by atoms with Crippen LogP contribution in [0.4, 0.5) is 0 Å². The molecule has 0 spiro atoms. The molecule has 1 aromatic heterocycles. The average molecular weight is 349 g/mol. The molecular weight excluding hydrogens is 326 g/mol. The molecule has 0 saturated carbocycles. The van der Waals surface area contributed by atoms with E-state index < -0.39 is 0 Å². The van der Waals surface area contributed by atoms with Gasteiger partial charge in [-0.25, -0.2) is 0 Å². The molecule has 26 heavy (non-hydrogen) atoms. The Kier molecular flexibility index (Phi) is 5.81. The minimum absolute atomic E-state index is 0.225. The van der Waals surface area contributed by atoms with Gasteiger partial charge in [0.25, 0.3) is 0 Å². The Balaban J connectivity index is 1.73. The number of hydrogen-bond acceptors (Lipinski definition) is 5. The molecular formula is C21H23N3O2. The molecule has 0 amide bonds. The van der Waals surface area contributed by atoms with Crippen LogP contribution in [0.25, 0.3) is 11.3 Å². The van der Waals surface area contributed by atoms with E-state index in [1.54, 1.807) is 32.8 Å². The highest BCUT2D eigenvalue weighted by molar-refractivity contribution is 5.67. The number of methoxy groups -OCH3 is 2. The van der Waals surface area contributed by atoms with E-state index in [2.05, 4.69) is 46.5 Å². The second kappa shape index (κ2) is 8.45. The monoisotopic (exact) mass is 349 g/mol. The van der Waals surface area contributed by atoms with Crippen molar-refractivity contribution in [3.8, 4) is 22.8 Å². The maximum absolute atomic E-state index is 5.47. The zero-order valence-corrected chi connectivity index (χ0v) is 15.3. The number of benzene rings is 2. The molecule has 5 heteroatoms. The van der Waals surface area contributed by atoms with Gasteiger partial charge >= 0.3 is 0 Å². The van der Waals surface area contributed by atoms with Crippen molar-refractivity contribution < 1.29 is 9.47 Å². The van der Waals surface area contributed by atoms with E-state index in [1.165, 1.54) is 5.56 Å². The van der Waals surface area contributed by atoms with Gasteiger partial charge in [-0.15, -0.1) is 0 Å². The smallest absolute Gasteiger partial charge is 0.128 e. The van der Waals surface area contributed by atoms with Crippen LogP contribution in [0.5, 0.6) is 11.5 Å². The summed E-state index contributed by atoms with van der Waals surface area (Å²) in [5.74, 6) is 1.65. The van der Waals surface area contributed by atoms with Crippen molar-refractivity contribution in [2.24, 2.45) is 0 Å². The van der Waals surface area contributed by atoms with Crippen LogP contribution in [-0.2, 0) is 6.54 Å². The molecule has 5 nitrogen and oxygen atoms in total. The van der Waals surface area contributed by atoms with Crippen LogP contribution in [-0.4, -0.2) is 24.2 Å². The van der Waals surface area contributed by atoms with Gasteiger partial charge in [0.15, 0.2) is 0 Å². The van der Waals surface area contributed by atoms with Crippen molar-refractivity contribution in [3.05, 3.63) is 72.2 Å². The standard InChI is InChI=1S/C21H23N3O2/c1-15(17-5-7-18(25-2)8-6-17)24-13-16-4-9-21(26-3)19(12-16)20-14-22-10-11-23-20/h4-12,14-15,24H,13H2,1-3H3/t15-/m1/s1. The average Bonchev–Trinajstić information content (AvgIpc) is 2.72. The summed E-state index contributed by atoms with van der Waals surface area (Å²) in [5.41, 5.74) is 4.12. The van der Waals surface area contributed by atoms with Crippen LogP contribution in [0.1, 0.15) is 24.1 Å². The Hall–Kier alpha value is -2.92. The van der Waals surface area contributed by atoms with E-state index >= 15 is 0 Å². The molecule has 0 aliphatic rings. The topological polar surface area (TPSA) is 56.3 Å². The lowest BCUT2D eigenvalue weighted by molar-refractivity contribution is 0.414. The number of nitrogens with zero attached hydrogens (tertiary/aromatic N) is 2. The number of ether oxygens (including phenoxy) is 2. The number of nitrogens with one attached hydrogen (secondary N) is 1. The maximum Gasteiger partial charge on any atom is 0.128 e. The van der Waals surface area contributed by atoms with Crippen molar-refractivity contribution in [2.45, 2.75) is 19.5 Å². The zero-order valence-electron chi connectivity index (χ0n) is 15.3. The Bertz CT molecular complexity index is 836. The van der Waals surface area contributed by atoms with Gasteiger partial charge in [0.05, 0.1) is 26.1 Å². The summed E-state index contributed by atoms with van der Waals surface area (Å²) in [6, 6.07) is 14.5. The third-order valence-corrected chi connectivity index (χ3v) is 4.33. The van der Waals surface area contributed by atoms with Gasteiger partial charge in [-0.2, -0.15) is 0 Å². The number of rotatable bonds is 7. The quantitative estimate of drug-likeness (QED) is 0.698. The first-order chi connectivity index (χ1) is 12.7. The minimum Gasteiger partial charge on any atom is -0.497 e. The van der Waals surface area contributed by atoms with E-state index in [0.29, 0.717) is 0 Å². The molecule has 1 atom stereocenters. The second-order valence-electron chi connectivity index (χ2n) is 6.00.